The highest BCUT2D eigenvalue weighted by atomic mass is 35.5. The molecule has 0 unspecified atom stereocenters. The number of carbonyl (C=O) groups excluding carboxylic acids is 2. The van der Waals surface area contributed by atoms with Gasteiger partial charge >= 0.3 is 5.97 Å². The van der Waals surface area contributed by atoms with Gasteiger partial charge in [-0.1, -0.05) is 66.0 Å². The average molecular weight is 710 g/mol. The lowest BCUT2D eigenvalue weighted by molar-refractivity contribution is -0.169. The Morgan fingerprint density at radius 2 is 1.73 bits per heavy atom. The van der Waals surface area contributed by atoms with Crippen molar-refractivity contribution in [1.82, 2.24) is 9.80 Å². The molecule has 0 radical (unpaired) electrons. The number of hydrogen-bond acceptors (Lipinski definition) is 8. The molecule has 5 rings (SSSR count). The third-order valence-corrected chi connectivity index (χ3v) is 10.2. The Morgan fingerprint density at radius 3 is 2.47 bits per heavy atom. The highest BCUT2D eigenvalue weighted by Crippen LogP contribution is 2.38. The highest BCUT2D eigenvalue weighted by molar-refractivity contribution is 6.35. The number of esters is 1. The largest absolute Gasteiger partial charge is 0.488 e. The Labute approximate surface area is 299 Å². The zero-order valence-electron chi connectivity index (χ0n) is 28.6. The molecule has 2 aliphatic heterocycles. The second kappa shape index (κ2) is 16.9. The second-order valence-corrected chi connectivity index (χ2v) is 13.6. The molecule has 2 heterocycles. The summed E-state index contributed by atoms with van der Waals surface area (Å²) >= 11 is 13.6. The SMILES string of the molecule is CCOC(=O)C1(O)CCN(/C=C/COc2cccc(-c3cccc(COc4ccc(CN5CCCC[C@H]5C(C)=O)cc4Cl)c3C)c2Cl)CC1. The second-order valence-electron chi connectivity index (χ2n) is 12.8. The van der Waals surface area contributed by atoms with Gasteiger partial charge in [0.1, 0.15) is 30.5 Å². The van der Waals surface area contributed by atoms with Gasteiger partial charge < -0.3 is 24.2 Å². The summed E-state index contributed by atoms with van der Waals surface area (Å²) in [4.78, 5) is 28.5. The van der Waals surface area contributed by atoms with Crippen LogP contribution in [0.1, 0.15) is 62.6 Å². The Bertz CT molecular complexity index is 1650. The minimum Gasteiger partial charge on any atom is -0.488 e. The summed E-state index contributed by atoms with van der Waals surface area (Å²) in [6.45, 7) is 9.05. The topological polar surface area (TPSA) is 88.5 Å². The highest BCUT2D eigenvalue weighted by Gasteiger charge is 2.40. The van der Waals surface area contributed by atoms with Gasteiger partial charge in [-0.15, -0.1) is 0 Å². The van der Waals surface area contributed by atoms with E-state index in [0.29, 0.717) is 67.2 Å². The van der Waals surface area contributed by atoms with E-state index >= 15 is 0 Å². The fourth-order valence-corrected chi connectivity index (χ4v) is 7.13. The first-order chi connectivity index (χ1) is 23.6. The van der Waals surface area contributed by atoms with Crippen LogP contribution in [0.15, 0.2) is 66.9 Å². The first-order valence-corrected chi connectivity index (χ1v) is 17.8. The number of hydrogen-bond donors (Lipinski definition) is 1. The van der Waals surface area contributed by atoms with E-state index in [1.807, 2.05) is 71.8 Å². The van der Waals surface area contributed by atoms with Crippen molar-refractivity contribution in [3.8, 4) is 22.6 Å². The lowest BCUT2D eigenvalue weighted by Gasteiger charge is -2.35. The lowest BCUT2D eigenvalue weighted by atomic mass is 9.92. The monoisotopic (exact) mass is 708 g/mol. The van der Waals surface area contributed by atoms with Crippen molar-refractivity contribution in [2.45, 2.75) is 77.7 Å². The van der Waals surface area contributed by atoms with Crippen LogP contribution in [-0.4, -0.2) is 71.1 Å². The molecule has 0 amide bonds. The quantitative estimate of drug-likeness (QED) is 0.180. The molecule has 49 heavy (non-hydrogen) atoms. The van der Waals surface area contributed by atoms with E-state index in [-0.39, 0.29) is 18.4 Å². The Morgan fingerprint density at radius 1 is 0.980 bits per heavy atom. The van der Waals surface area contributed by atoms with Crippen LogP contribution in [0.25, 0.3) is 11.1 Å². The van der Waals surface area contributed by atoms with Crippen molar-refractivity contribution in [2.24, 2.45) is 0 Å². The third kappa shape index (κ3) is 9.17. The molecule has 0 aromatic heterocycles. The predicted octanol–water partition coefficient (Wildman–Crippen LogP) is 7.77. The van der Waals surface area contributed by atoms with Crippen LogP contribution < -0.4 is 9.47 Å². The third-order valence-electron chi connectivity index (χ3n) is 9.48. The van der Waals surface area contributed by atoms with Gasteiger partial charge in [0.05, 0.1) is 22.7 Å². The fraction of sp³-hybridized carbons (Fsp3) is 0.436. The van der Waals surface area contributed by atoms with Crippen LogP contribution in [0.4, 0.5) is 0 Å². The maximum Gasteiger partial charge on any atom is 0.338 e. The minimum atomic E-state index is -1.42. The summed E-state index contributed by atoms with van der Waals surface area (Å²) in [5, 5.41) is 11.6. The minimum absolute atomic E-state index is 0.0212. The van der Waals surface area contributed by atoms with Gasteiger partial charge in [-0.25, -0.2) is 4.79 Å². The number of rotatable bonds is 13. The molecule has 2 saturated heterocycles. The van der Waals surface area contributed by atoms with Crippen molar-refractivity contribution in [2.75, 3.05) is 32.8 Å². The molecule has 1 atom stereocenters. The number of aliphatic hydroxyl groups is 1. The summed E-state index contributed by atoms with van der Waals surface area (Å²) in [6, 6.07) is 17.7. The zero-order chi connectivity index (χ0) is 35.0. The number of ether oxygens (including phenoxy) is 3. The van der Waals surface area contributed by atoms with Crippen LogP contribution in [0.5, 0.6) is 11.5 Å². The molecule has 2 aliphatic rings. The Balaban J connectivity index is 1.18. The van der Waals surface area contributed by atoms with Crippen molar-refractivity contribution in [1.29, 1.82) is 0 Å². The van der Waals surface area contributed by atoms with Crippen molar-refractivity contribution in [3.05, 3.63) is 93.6 Å². The first kappa shape index (κ1) is 36.7. The van der Waals surface area contributed by atoms with E-state index in [2.05, 4.69) is 11.8 Å². The summed E-state index contributed by atoms with van der Waals surface area (Å²) in [5.74, 6) is 0.859. The normalized spacial score (nSPS) is 18.0. The van der Waals surface area contributed by atoms with Crippen molar-refractivity contribution >= 4 is 35.0 Å². The van der Waals surface area contributed by atoms with Gasteiger partial charge in [0.25, 0.3) is 0 Å². The van der Waals surface area contributed by atoms with E-state index in [1.54, 1.807) is 13.8 Å². The maximum atomic E-state index is 12.1. The van der Waals surface area contributed by atoms with E-state index in [1.165, 1.54) is 0 Å². The van der Waals surface area contributed by atoms with Gasteiger partial charge in [0.2, 0.25) is 0 Å². The zero-order valence-corrected chi connectivity index (χ0v) is 30.1. The van der Waals surface area contributed by atoms with Crippen molar-refractivity contribution < 1.29 is 28.9 Å². The van der Waals surface area contributed by atoms with Gasteiger partial charge in [-0.2, -0.15) is 0 Å². The van der Waals surface area contributed by atoms with Crippen molar-refractivity contribution in [3.63, 3.8) is 0 Å². The predicted molar refractivity (Wildman–Crippen MR) is 193 cm³/mol. The van der Waals surface area contributed by atoms with Gasteiger partial charge in [0, 0.05) is 38.0 Å². The molecular formula is C39H46Cl2N2O6. The number of piperidine rings is 2. The molecule has 2 fully saturated rings. The number of ketones is 1. The van der Waals surface area contributed by atoms with E-state index in [4.69, 9.17) is 37.4 Å². The number of Topliss-reactive ketones (excluding diaryl/α,β-unsaturated/α-hetero) is 1. The van der Waals surface area contributed by atoms with Crippen LogP contribution in [0, 0.1) is 6.92 Å². The van der Waals surface area contributed by atoms with Crippen LogP contribution in [-0.2, 0) is 27.5 Å². The molecule has 3 aromatic rings. The fourth-order valence-electron chi connectivity index (χ4n) is 6.59. The number of carbonyl (C=O) groups is 2. The smallest absolute Gasteiger partial charge is 0.338 e. The van der Waals surface area contributed by atoms with E-state index in [0.717, 1.165) is 53.6 Å². The average Bonchev–Trinajstić information content (AvgIpc) is 3.09. The lowest BCUT2D eigenvalue weighted by Crippen LogP contribution is -2.48. The summed E-state index contributed by atoms with van der Waals surface area (Å²) in [7, 11) is 0. The molecule has 262 valence electrons. The molecule has 1 N–H and O–H groups in total. The Hall–Kier alpha value is -3.56. The molecule has 0 bridgehead atoms. The standard InChI is InChI=1S/C39H46Cl2N2O6/c1-4-47-38(45)39(46)17-21-42(22-18-39)19-9-23-48-36-14-8-12-32(37(36)41)31-11-7-10-30(27(31)2)26-49-35-16-15-29(24-33(35)40)25-43-20-6-5-13-34(43)28(3)44/h7-12,14-16,19,24,34,46H,4-6,13,17-18,20-23,25-26H2,1-3H3/b19-9+/t34-/m0/s1. The van der Waals surface area contributed by atoms with Gasteiger partial charge in [-0.3, -0.25) is 9.69 Å². The number of halogens is 2. The molecular weight excluding hydrogens is 663 g/mol. The van der Waals surface area contributed by atoms with Crippen LogP contribution in [0.2, 0.25) is 10.0 Å². The van der Waals surface area contributed by atoms with Gasteiger partial charge in [-0.05, 0) is 92.9 Å². The molecule has 8 nitrogen and oxygen atoms in total. The molecule has 3 aromatic carbocycles. The van der Waals surface area contributed by atoms with E-state index < -0.39 is 11.6 Å². The molecule has 10 heteroatoms. The van der Waals surface area contributed by atoms with E-state index in [9.17, 15) is 14.7 Å². The maximum absolute atomic E-state index is 12.1. The molecule has 0 spiro atoms. The van der Waals surface area contributed by atoms with Crippen LogP contribution >= 0.6 is 23.2 Å². The Kier molecular flexibility index (Phi) is 12.7. The van der Waals surface area contributed by atoms with Gasteiger partial charge in [0.15, 0.2) is 5.60 Å². The number of nitrogens with zero attached hydrogens (tertiary/aromatic N) is 2. The number of likely N-dealkylation sites (tertiary alicyclic amines) is 2. The molecule has 0 aliphatic carbocycles. The summed E-state index contributed by atoms with van der Waals surface area (Å²) in [5.41, 5.74) is 3.55. The van der Waals surface area contributed by atoms with Crippen LogP contribution in [0.3, 0.4) is 0 Å². The molecule has 0 saturated carbocycles. The summed E-state index contributed by atoms with van der Waals surface area (Å²) < 4.78 is 17.3. The summed E-state index contributed by atoms with van der Waals surface area (Å²) in [6.07, 6.45) is 7.56. The first-order valence-electron chi connectivity index (χ1n) is 17.1. The number of benzene rings is 3.